The molecule has 2 atom stereocenters. The molecule has 5 nitrogen and oxygen atoms in total. The Hall–Kier alpha value is -1.46. The van der Waals surface area contributed by atoms with Crippen molar-refractivity contribution in [1.82, 2.24) is 4.90 Å². The van der Waals surface area contributed by atoms with Crippen LogP contribution in [0.5, 0.6) is 0 Å². The van der Waals surface area contributed by atoms with E-state index in [1.807, 2.05) is 64.0 Å². The van der Waals surface area contributed by atoms with Crippen LogP contribution in [0.3, 0.4) is 0 Å². The predicted octanol–water partition coefficient (Wildman–Crippen LogP) is 3.63. The maximum Gasteiger partial charge on any atom is 0.412 e. The quantitative estimate of drug-likeness (QED) is 0.788. The summed E-state index contributed by atoms with van der Waals surface area (Å²) in [5.74, 6) is 0.339. The Morgan fingerprint density at radius 3 is 2.43 bits per heavy atom. The molecule has 1 aliphatic heterocycles. The Kier molecular flexibility index (Phi) is 5.42. The fourth-order valence-corrected chi connectivity index (χ4v) is 2.56. The highest BCUT2D eigenvalue weighted by atomic mass is 35.5. The molecule has 128 valence electrons. The van der Waals surface area contributed by atoms with E-state index in [1.165, 1.54) is 0 Å². The molecule has 6 heteroatoms. The number of carbonyl (C=O) groups excluding carboxylic acids is 1. The number of rotatable bonds is 3. The summed E-state index contributed by atoms with van der Waals surface area (Å²) in [5.41, 5.74) is 1.45. The van der Waals surface area contributed by atoms with Gasteiger partial charge in [0.05, 0.1) is 18.5 Å². The molecule has 1 fully saturated rings. The van der Waals surface area contributed by atoms with Crippen LogP contribution in [0.1, 0.15) is 32.6 Å². The van der Waals surface area contributed by atoms with E-state index in [0.717, 1.165) is 11.3 Å². The van der Waals surface area contributed by atoms with Gasteiger partial charge in [-0.15, -0.1) is 11.6 Å². The second-order valence-corrected chi connectivity index (χ2v) is 7.19. The summed E-state index contributed by atoms with van der Waals surface area (Å²) in [6, 6.07) is 7.93. The minimum absolute atomic E-state index is 0.192. The molecule has 2 unspecified atom stereocenters. The number of halogens is 1. The minimum Gasteiger partial charge on any atom is -0.444 e. The maximum absolute atomic E-state index is 12.5. The second kappa shape index (κ2) is 6.97. The molecule has 0 N–H and O–H groups in total. The number of hydrogen-bond donors (Lipinski definition) is 0. The van der Waals surface area contributed by atoms with Crippen LogP contribution in [-0.2, 0) is 9.47 Å². The van der Waals surface area contributed by atoms with Crippen molar-refractivity contribution in [2.24, 2.45) is 0 Å². The van der Waals surface area contributed by atoms with Crippen molar-refractivity contribution in [3.63, 3.8) is 0 Å². The highest BCUT2D eigenvalue weighted by Gasteiger charge is 2.38. The molecule has 23 heavy (non-hydrogen) atoms. The minimum atomic E-state index is -0.546. The third kappa shape index (κ3) is 4.52. The van der Waals surface area contributed by atoms with E-state index in [1.54, 1.807) is 4.90 Å². The molecule has 1 heterocycles. The Balaban J connectivity index is 2.21. The van der Waals surface area contributed by atoms with Crippen LogP contribution in [0.25, 0.3) is 0 Å². The largest absolute Gasteiger partial charge is 0.444 e. The lowest BCUT2D eigenvalue weighted by Crippen LogP contribution is -2.37. The Labute approximate surface area is 143 Å². The van der Waals surface area contributed by atoms with Gasteiger partial charge in [0.2, 0.25) is 0 Å². The van der Waals surface area contributed by atoms with Crippen molar-refractivity contribution in [2.45, 2.75) is 38.7 Å². The molecule has 2 rings (SSSR count). The van der Waals surface area contributed by atoms with Crippen LogP contribution in [0, 0.1) is 0 Å². The van der Waals surface area contributed by atoms with Crippen molar-refractivity contribution in [3.8, 4) is 0 Å². The van der Waals surface area contributed by atoms with Gasteiger partial charge in [-0.3, -0.25) is 4.90 Å². The number of alkyl halides is 1. The van der Waals surface area contributed by atoms with E-state index in [4.69, 9.17) is 21.1 Å². The Morgan fingerprint density at radius 1 is 1.35 bits per heavy atom. The summed E-state index contributed by atoms with van der Waals surface area (Å²) in [7, 11) is 3.97. The molecular formula is C17H25ClN2O3. The number of ether oxygens (including phenoxy) is 2. The summed E-state index contributed by atoms with van der Waals surface area (Å²) in [5, 5.41) is 0. The summed E-state index contributed by atoms with van der Waals surface area (Å²) >= 11 is 5.92. The first-order valence-electron chi connectivity index (χ1n) is 7.69. The van der Waals surface area contributed by atoms with Crippen LogP contribution < -0.4 is 4.90 Å². The van der Waals surface area contributed by atoms with Gasteiger partial charge in [0.25, 0.3) is 0 Å². The van der Waals surface area contributed by atoms with Crippen LogP contribution in [-0.4, -0.2) is 49.2 Å². The number of carbonyl (C=O) groups is 1. The topological polar surface area (TPSA) is 42.0 Å². The van der Waals surface area contributed by atoms with E-state index in [9.17, 15) is 4.79 Å². The molecule has 1 aromatic carbocycles. The fraction of sp³-hybridized carbons (Fsp3) is 0.588. The van der Waals surface area contributed by atoms with Crippen molar-refractivity contribution >= 4 is 23.4 Å². The van der Waals surface area contributed by atoms with Gasteiger partial charge >= 0.3 is 6.09 Å². The lowest BCUT2D eigenvalue weighted by Gasteiger charge is -2.27. The number of nitrogens with zero attached hydrogens (tertiary/aromatic N) is 2. The second-order valence-electron chi connectivity index (χ2n) is 6.88. The van der Waals surface area contributed by atoms with Crippen molar-refractivity contribution < 1.29 is 14.3 Å². The molecule has 0 saturated carbocycles. The van der Waals surface area contributed by atoms with Gasteiger partial charge in [0.1, 0.15) is 5.60 Å². The first-order valence-corrected chi connectivity index (χ1v) is 8.23. The van der Waals surface area contributed by atoms with Crippen LogP contribution in [0.2, 0.25) is 0 Å². The maximum atomic E-state index is 12.5. The molecule has 1 saturated heterocycles. The molecule has 1 amide bonds. The van der Waals surface area contributed by atoms with Gasteiger partial charge in [0, 0.05) is 25.3 Å². The van der Waals surface area contributed by atoms with Crippen molar-refractivity contribution in [2.75, 3.05) is 31.4 Å². The van der Waals surface area contributed by atoms with Crippen LogP contribution in [0.15, 0.2) is 24.3 Å². The zero-order chi connectivity index (χ0) is 17.2. The zero-order valence-corrected chi connectivity index (χ0v) is 15.1. The fourth-order valence-electron chi connectivity index (χ4n) is 2.39. The van der Waals surface area contributed by atoms with Crippen LogP contribution >= 0.6 is 11.6 Å². The van der Waals surface area contributed by atoms with Crippen LogP contribution in [0.4, 0.5) is 10.5 Å². The normalized spacial score (nSPS) is 21.4. The van der Waals surface area contributed by atoms with Gasteiger partial charge < -0.3 is 14.4 Å². The number of benzene rings is 1. The summed E-state index contributed by atoms with van der Waals surface area (Å²) in [6.45, 7) is 5.98. The van der Waals surface area contributed by atoms with Crippen molar-refractivity contribution in [3.05, 3.63) is 29.8 Å². The van der Waals surface area contributed by atoms with Gasteiger partial charge in [0.15, 0.2) is 6.23 Å². The van der Waals surface area contributed by atoms with Gasteiger partial charge in [-0.1, -0.05) is 12.1 Å². The van der Waals surface area contributed by atoms with E-state index >= 15 is 0 Å². The van der Waals surface area contributed by atoms with E-state index < -0.39 is 11.8 Å². The first kappa shape index (κ1) is 17.9. The number of amides is 1. The summed E-state index contributed by atoms with van der Waals surface area (Å²) in [4.78, 5) is 16.1. The number of hydrogen-bond acceptors (Lipinski definition) is 4. The number of anilines is 1. The molecule has 1 aromatic rings. The SMILES string of the molecule is CN(C)c1ccc(C2OC(CCl)CN2C(=O)OC(C)(C)C)cc1. The van der Waals surface area contributed by atoms with Gasteiger partial charge in [-0.25, -0.2) is 4.79 Å². The van der Waals surface area contributed by atoms with E-state index in [-0.39, 0.29) is 12.2 Å². The predicted molar refractivity (Wildman–Crippen MR) is 92.0 cm³/mol. The third-order valence-electron chi connectivity index (χ3n) is 3.50. The summed E-state index contributed by atoms with van der Waals surface area (Å²) in [6.07, 6.45) is -1.04. The molecular weight excluding hydrogens is 316 g/mol. The first-order chi connectivity index (χ1) is 10.7. The molecule has 0 bridgehead atoms. The lowest BCUT2D eigenvalue weighted by molar-refractivity contribution is -0.0192. The average molecular weight is 341 g/mol. The third-order valence-corrected chi connectivity index (χ3v) is 3.84. The standard InChI is InChI=1S/C17H25ClN2O3/c1-17(2,3)23-16(21)20-11-14(10-18)22-15(20)12-6-8-13(9-7-12)19(4)5/h6-9,14-15H,10-11H2,1-5H3. The molecule has 0 aromatic heterocycles. The molecule has 1 aliphatic rings. The Bertz CT molecular complexity index is 540. The highest BCUT2D eigenvalue weighted by Crippen LogP contribution is 2.33. The molecule has 0 spiro atoms. The van der Waals surface area contributed by atoms with Gasteiger partial charge in [-0.2, -0.15) is 0 Å². The van der Waals surface area contributed by atoms with Crippen molar-refractivity contribution in [1.29, 1.82) is 0 Å². The molecule has 0 radical (unpaired) electrons. The van der Waals surface area contributed by atoms with E-state index in [2.05, 4.69) is 0 Å². The Morgan fingerprint density at radius 2 is 1.96 bits per heavy atom. The van der Waals surface area contributed by atoms with E-state index in [0.29, 0.717) is 12.4 Å². The zero-order valence-electron chi connectivity index (χ0n) is 14.4. The summed E-state index contributed by atoms with van der Waals surface area (Å²) < 4.78 is 11.4. The monoisotopic (exact) mass is 340 g/mol. The lowest BCUT2D eigenvalue weighted by atomic mass is 10.1. The average Bonchev–Trinajstić information content (AvgIpc) is 2.90. The van der Waals surface area contributed by atoms with Gasteiger partial charge in [-0.05, 0) is 32.9 Å². The smallest absolute Gasteiger partial charge is 0.412 e. The molecule has 0 aliphatic carbocycles. The highest BCUT2D eigenvalue weighted by molar-refractivity contribution is 6.18.